The molecule has 1 aliphatic rings. The molecule has 0 bridgehead atoms. The average Bonchev–Trinajstić information content (AvgIpc) is 2.42. The highest BCUT2D eigenvalue weighted by atomic mass is 16.4. The molecule has 2 heterocycles. The molecule has 0 spiro atoms. The number of nitrogens with zero attached hydrogens (tertiary/aromatic N) is 2. The van der Waals surface area contributed by atoms with Crippen molar-refractivity contribution in [1.82, 2.24) is 9.88 Å². The number of aliphatic hydroxyl groups excluding tert-OH is 1. The Hall–Kier alpha value is -2.15. The molecule has 1 saturated heterocycles. The summed E-state index contributed by atoms with van der Waals surface area (Å²) >= 11 is 0. The number of carboxylic acids is 1. The van der Waals surface area contributed by atoms with E-state index in [1.807, 2.05) is 6.92 Å². The van der Waals surface area contributed by atoms with Crippen molar-refractivity contribution < 1.29 is 19.8 Å². The summed E-state index contributed by atoms with van der Waals surface area (Å²) in [4.78, 5) is 28.1. The van der Waals surface area contributed by atoms with Gasteiger partial charge in [-0.1, -0.05) is 6.92 Å². The van der Waals surface area contributed by atoms with Crippen LogP contribution in [0.1, 0.15) is 23.7 Å². The fourth-order valence-corrected chi connectivity index (χ4v) is 2.06. The predicted octanol–water partition coefficient (Wildman–Crippen LogP) is 1.01. The summed E-state index contributed by atoms with van der Waals surface area (Å²) in [6, 6.07) is 0.983. The molecule has 0 saturated carbocycles. The highest BCUT2D eigenvalue weighted by molar-refractivity contribution is 5.92. The normalized spacial score (nSPS) is 22.4. The van der Waals surface area contributed by atoms with Crippen LogP contribution in [-0.4, -0.2) is 51.3 Å². The van der Waals surface area contributed by atoms with Crippen molar-refractivity contribution in [2.24, 2.45) is 5.92 Å². The Kier molecular flexibility index (Phi) is 4.19. The summed E-state index contributed by atoms with van der Waals surface area (Å²) < 4.78 is 0. The van der Waals surface area contributed by atoms with E-state index in [1.54, 1.807) is 0 Å². The molecule has 2 amide bonds. The van der Waals surface area contributed by atoms with E-state index in [2.05, 4.69) is 10.3 Å². The summed E-state index contributed by atoms with van der Waals surface area (Å²) in [6.07, 6.45) is 2.80. The van der Waals surface area contributed by atoms with E-state index in [-0.39, 0.29) is 24.1 Å². The van der Waals surface area contributed by atoms with Crippen LogP contribution in [0.4, 0.5) is 10.5 Å². The van der Waals surface area contributed by atoms with Crippen molar-refractivity contribution in [2.75, 3.05) is 18.4 Å². The van der Waals surface area contributed by atoms with E-state index in [4.69, 9.17) is 5.11 Å². The van der Waals surface area contributed by atoms with Gasteiger partial charge in [0.25, 0.3) is 0 Å². The van der Waals surface area contributed by atoms with E-state index in [0.717, 1.165) is 6.42 Å². The maximum Gasteiger partial charge on any atom is 0.337 e. The first-order valence-corrected chi connectivity index (χ1v) is 6.39. The van der Waals surface area contributed by atoms with Gasteiger partial charge in [-0.2, -0.15) is 0 Å². The number of carboxylic acid groups (broad SMARTS) is 1. The maximum absolute atomic E-state index is 12.0. The average molecular weight is 279 g/mol. The first-order chi connectivity index (χ1) is 9.47. The van der Waals surface area contributed by atoms with Crippen LogP contribution in [0.5, 0.6) is 0 Å². The maximum atomic E-state index is 12.0. The molecule has 0 aliphatic carbocycles. The number of likely N-dealkylation sites (tertiary alicyclic amines) is 1. The van der Waals surface area contributed by atoms with E-state index >= 15 is 0 Å². The van der Waals surface area contributed by atoms with Crippen molar-refractivity contribution >= 4 is 17.7 Å². The number of amides is 2. The van der Waals surface area contributed by atoms with Crippen molar-refractivity contribution in [2.45, 2.75) is 19.4 Å². The van der Waals surface area contributed by atoms with Gasteiger partial charge in [0.15, 0.2) is 0 Å². The van der Waals surface area contributed by atoms with E-state index in [9.17, 15) is 14.7 Å². The van der Waals surface area contributed by atoms with Crippen molar-refractivity contribution in [1.29, 1.82) is 0 Å². The van der Waals surface area contributed by atoms with Crippen LogP contribution in [0.3, 0.4) is 0 Å². The number of hydrogen-bond acceptors (Lipinski definition) is 4. The van der Waals surface area contributed by atoms with Gasteiger partial charge in [0.1, 0.15) is 0 Å². The number of aromatic carboxylic acids is 1. The number of nitrogens with one attached hydrogen (secondary N) is 1. The number of carbonyl (C=O) groups excluding carboxylic acids is 1. The van der Waals surface area contributed by atoms with Crippen LogP contribution in [-0.2, 0) is 0 Å². The predicted molar refractivity (Wildman–Crippen MR) is 71.6 cm³/mol. The smallest absolute Gasteiger partial charge is 0.337 e. The number of anilines is 1. The molecule has 1 aromatic heterocycles. The summed E-state index contributed by atoms with van der Waals surface area (Å²) in [5.41, 5.74) is 0.332. The van der Waals surface area contributed by atoms with Crippen LogP contribution in [0.2, 0.25) is 0 Å². The monoisotopic (exact) mass is 279 g/mol. The van der Waals surface area contributed by atoms with Gasteiger partial charge in [0, 0.05) is 19.3 Å². The molecule has 1 aromatic rings. The molecule has 1 fully saturated rings. The lowest BCUT2D eigenvalue weighted by Gasteiger charge is -2.34. The van der Waals surface area contributed by atoms with E-state index in [1.165, 1.54) is 23.4 Å². The minimum atomic E-state index is -1.10. The number of β-amino-alcohol motifs (C(OH)–C–C–N with tert-alkyl or cyclic N) is 1. The molecule has 0 radical (unpaired) electrons. The second-order valence-corrected chi connectivity index (χ2v) is 4.98. The van der Waals surface area contributed by atoms with Crippen LogP contribution >= 0.6 is 0 Å². The number of rotatable bonds is 2. The Balaban J connectivity index is 2.01. The topological polar surface area (TPSA) is 103 Å². The summed E-state index contributed by atoms with van der Waals surface area (Å²) in [5.74, 6) is -0.924. The molecule has 2 unspecified atom stereocenters. The standard InChI is InChI=1S/C13H17N3O4/c1-8-2-3-16(7-11(8)17)13(20)15-10-4-9(12(18)19)5-14-6-10/h4-6,8,11,17H,2-3,7H2,1H3,(H,15,20)(H,18,19). The van der Waals surface area contributed by atoms with Gasteiger partial charge in [-0.3, -0.25) is 4.98 Å². The zero-order valence-electron chi connectivity index (χ0n) is 11.1. The Morgan fingerprint density at radius 1 is 1.45 bits per heavy atom. The highest BCUT2D eigenvalue weighted by Crippen LogP contribution is 2.18. The van der Waals surface area contributed by atoms with E-state index in [0.29, 0.717) is 12.2 Å². The highest BCUT2D eigenvalue weighted by Gasteiger charge is 2.27. The number of hydrogen-bond donors (Lipinski definition) is 3. The summed E-state index contributed by atoms with van der Waals surface area (Å²) in [7, 11) is 0. The molecule has 7 nitrogen and oxygen atoms in total. The molecule has 1 aliphatic heterocycles. The van der Waals surface area contributed by atoms with Crippen molar-refractivity contribution in [3.63, 3.8) is 0 Å². The quantitative estimate of drug-likeness (QED) is 0.750. The lowest BCUT2D eigenvalue weighted by atomic mass is 9.96. The van der Waals surface area contributed by atoms with Gasteiger partial charge in [0.05, 0.1) is 23.6 Å². The van der Waals surface area contributed by atoms with Crippen LogP contribution in [0, 0.1) is 5.92 Å². The second kappa shape index (κ2) is 5.87. The lowest BCUT2D eigenvalue weighted by Crippen LogP contribution is -2.47. The van der Waals surface area contributed by atoms with Gasteiger partial charge < -0.3 is 20.4 Å². The third-order valence-corrected chi connectivity index (χ3v) is 3.44. The van der Waals surface area contributed by atoms with Crippen LogP contribution < -0.4 is 5.32 Å². The van der Waals surface area contributed by atoms with Crippen molar-refractivity contribution in [3.05, 3.63) is 24.0 Å². The van der Waals surface area contributed by atoms with E-state index < -0.39 is 12.1 Å². The Morgan fingerprint density at radius 2 is 2.20 bits per heavy atom. The number of urea groups is 1. The minimum absolute atomic E-state index is 0.00935. The van der Waals surface area contributed by atoms with Crippen molar-refractivity contribution in [3.8, 4) is 0 Å². The third-order valence-electron chi connectivity index (χ3n) is 3.44. The minimum Gasteiger partial charge on any atom is -0.478 e. The number of aliphatic hydroxyl groups is 1. The van der Waals surface area contributed by atoms with Crippen LogP contribution in [0.25, 0.3) is 0 Å². The number of carbonyl (C=O) groups is 2. The molecular formula is C13H17N3O4. The molecule has 2 rings (SSSR count). The van der Waals surface area contributed by atoms with Gasteiger partial charge in [-0.05, 0) is 18.4 Å². The molecule has 7 heteroatoms. The number of pyridine rings is 1. The number of piperidine rings is 1. The molecule has 2 atom stereocenters. The SMILES string of the molecule is CC1CCN(C(=O)Nc2cncc(C(=O)O)c2)CC1O. The summed E-state index contributed by atoms with van der Waals surface area (Å²) in [5, 5.41) is 21.2. The Bertz CT molecular complexity index is 520. The third kappa shape index (κ3) is 3.24. The van der Waals surface area contributed by atoms with Gasteiger partial charge in [-0.25, -0.2) is 9.59 Å². The zero-order valence-corrected chi connectivity index (χ0v) is 11.1. The zero-order chi connectivity index (χ0) is 14.7. The fourth-order valence-electron chi connectivity index (χ4n) is 2.06. The Labute approximate surface area is 116 Å². The molecule has 20 heavy (non-hydrogen) atoms. The largest absolute Gasteiger partial charge is 0.478 e. The first kappa shape index (κ1) is 14.3. The number of aromatic nitrogens is 1. The van der Waals surface area contributed by atoms with Crippen LogP contribution in [0.15, 0.2) is 18.5 Å². The first-order valence-electron chi connectivity index (χ1n) is 6.39. The van der Waals surface area contributed by atoms with Gasteiger partial charge in [-0.15, -0.1) is 0 Å². The molecule has 3 N–H and O–H groups in total. The second-order valence-electron chi connectivity index (χ2n) is 4.98. The molecule has 0 aromatic carbocycles. The summed E-state index contributed by atoms with van der Waals surface area (Å²) in [6.45, 7) is 2.79. The fraction of sp³-hybridized carbons (Fsp3) is 0.462. The van der Waals surface area contributed by atoms with Gasteiger partial charge >= 0.3 is 12.0 Å². The Morgan fingerprint density at radius 3 is 2.85 bits per heavy atom. The van der Waals surface area contributed by atoms with Gasteiger partial charge in [0.2, 0.25) is 0 Å². The molecular weight excluding hydrogens is 262 g/mol. The lowest BCUT2D eigenvalue weighted by molar-refractivity contribution is 0.0464. The molecule has 108 valence electrons.